The Morgan fingerprint density at radius 3 is 2.54 bits per heavy atom. The van der Waals surface area contributed by atoms with Gasteiger partial charge in [-0.05, 0) is 23.8 Å². The zero-order valence-corrected chi connectivity index (χ0v) is 14.3. The van der Waals surface area contributed by atoms with Crippen LogP contribution in [0.4, 0.5) is 0 Å². The molecule has 0 aliphatic rings. The fourth-order valence-electron chi connectivity index (χ4n) is 2.53. The van der Waals surface area contributed by atoms with Crippen molar-refractivity contribution in [3.63, 3.8) is 0 Å². The summed E-state index contributed by atoms with van der Waals surface area (Å²) in [6.07, 6.45) is 4.61. The average molecular weight is 352 g/mol. The summed E-state index contributed by atoms with van der Waals surface area (Å²) in [6.45, 7) is 1.04. The second kappa shape index (κ2) is 8.71. The van der Waals surface area contributed by atoms with Crippen LogP contribution in [0.25, 0.3) is 0 Å². The Bertz CT molecular complexity index is 811. The molecule has 26 heavy (non-hydrogen) atoms. The van der Waals surface area contributed by atoms with Crippen molar-refractivity contribution in [3.05, 3.63) is 84.2 Å². The highest BCUT2D eigenvalue weighted by molar-refractivity contribution is 5.94. The number of amides is 2. The van der Waals surface area contributed by atoms with E-state index in [9.17, 15) is 9.59 Å². The molecule has 6 nitrogen and oxygen atoms in total. The van der Waals surface area contributed by atoms with Gasteiger partial charge in [-0.2, -0.15) is 0 Å². The topological polar surface area (TPSA) is 75.7 Å². The SMILES string of the molecule is O=C(CCN(Cc1ccco1)C(=O)c1ccoc1)NCc1ccccc1. The van der Waals surface area contributed by atoms with Crippen LogP contribution < -0.4 is 5.32 Å². The molecule has 0 aliphatic heterocycles. The summed E-state index contributed by atoms with van der Waals surface area (Å²) in [4.78, 5) is 26.3. The van der Waals surface area contributed by atoms with Gasteiger partial charge in [-0.3, -0.25) is 9.59 Å². The van der Waals surface area contributed by atoms with Crippen molar-refractivity contribution in [2.45, 2.75) is 19.5 Å². The van der Waals surface area contributed by atoms with Gasteiger partial charge < -0.3 is 19.1 Å². The van der Waals surface area contributed by atoms with Crippen LogP contribution in [0.3, 0.4) is 0 Å². The molecule has 0 fully saturated rings. The van der Waals surface area contributed by atoms with Gasteiger partial charge in [0.2, 0.25) is 5.91 Å². The first-order valence-electron chi connectivity index (χ1n) is 8.37. The van der Waals surface area contributed by atoms with Crippen LogP contribution >= 0.6 is 0 Å². The van der Waals surface area contributed by atoms with Crippen LogP contribution in [0, 0.1) is 0 Å². The molecule has 0 saturated carbocycles. The molecule has 0 bridgehead atoms. The molecule has 3 rings (SSSR count). The number of furan rings is 2. The van der Waals surface area contributed by atoms with E-state index < -0.39 is 0 Å². The smallest absolute Gasteiger partial charge is 0.257 e. The number of carbonyl (C=O) groups excluding carboxylic acids is 2. The molecule has 0 unspecified atom stereocenters. The molecule has 2 heterocycles. The van der Waals surface area contributed by atoms with E-state index >= 15 is 0 Å². The minimum atomic E-state index is -0.203. The Balaban J connectivity index is 1.56. The molecule has 134 valence electrons. The van der Waals surface area contributed by atoms with Gasteiger partial charge in [0.05, 0.1) is 24.6 Å². The number of hydrogen-bond donors (Lipinski definition) is 1. The Hall–Kier alpha value is -3.28. The molecule has 2 aromatic heterocycles. The molecule has 1 N–H and O–H groups in total. The number of rotatable bonds is 8. The summed E-state index contributed by atoms with van der Waals surface area (Å²) in [5.41, 5.74) is 1.48. The molecule has 3 aromatic rings. The third kappa shape index (κ3) is 4.86. The third-order valence-corrected chi connectivity index (χ3v) is 3.92. The quantitative estimate of drug-likeness (QED) is 0.675. The first-order chi connectivity index (χ1) is 12.7. The van der Waals surface area contributed by atoms with E-state index in [1.165, 1.54) is 12.5 Å². The van der Waals surface area contributed by atoms with Crippen LogP contribution in [0.15, 0.2) is 76.2 Å². The van der Waals surface area contributed by atoms with Crippen molar-refractivity contribution in [2.75, 3.05) is 6.54 Å². The maximum atomic E-state index is 12.6. The van der Waals surface area contributed by atoms with Crippen LogP contribution in [0.5, 0.6) is 0 Å². The third-order valence-electron chi connectivity index (χ3n) is 3.92. The molecular weight excluding hydrogens is 332 g/mol. The summed E-state index contributed by atoms with van der Waals surface area (Å²) in [5, 5.41) is 2.87. The number of nitrogens with one attached hydrogen (secondary N) is 1. The first kappa shape index (κ1) is 17.5. The molecule has 1 aromatic carbocycles. The maximum Gasteiger partial charge on any atom is 0.257 e. The van der Waals surface area contributed by atoms with Gasteiger partial charge in [0.15, 0.2) is 0 Å². The summed E-state index contributed by atoms with van der Waals surface area (Å²) in [5.74, 6) is 0.343. The Morgan fingerprint density at radius 1 is 1.00 bits per heavy atom. The van der Waals surface area contributed by atoms with Crippen LogP contribution in [0.1, 0.15) is 28.1 Å². The second-order valence-electron chi connectivity index (χ2n) is 5.83. The number of carbonyl (C=O) groups is 2. The summed E-state index contributed by atoms with van der Waals surface area (Å²) < 4.78 is 10.3. The van der Waals surface area contributed by atoms with Gasteiger partial charge in [-0.25, -0.2) is 0 Å². The van der Waals surface area contributed by atoms with E-state index in [1.54, 1.807) is 29.4 Å². The van der Waals surface area contributed by atoms with Crippen molar-refractivity contribution in [2.24, 2.45) is 0 Å². The number of hydrogen-bond acceptors (Lipinski definition) is 4. The molecule has 2 amide bonds. The van der Waals surface area contributed by atoms with Gasteiger partial charge in [0, 0.05) is 19.5 Å². The molecule has 0 saturated heterocycles. The fourth-order valence-corrected chi connectivity index (χ4v) is 2.53. The molecule has 6 heteroatoms. The Labute approximate surface area is 151 Å². The standard InChI is InChI=1S/C20H20N2O4/c23-19(21-13-16-5-2-1-3-6-16)8-10-22(14-18-7-4-11-26-18)20(24)17-9-12-25-15-17/h1-7,9,11-12,15H,8,10,13-14H2,(H,21,23). The van der Waals surface area contributed by atoms with Crippen LogP contribution in [0.2, 0.25) is 0 Å². The van der Waals surface area contributed by atoms with Gasteiger partial charge in [-0.1, -0.05) is 30.3 Å². The molecule has 0 aliphatic carbocycles. The lowest BCUT2D eigenvalue weighted by atomic mass is 10.2. The predicted molar refractivity (Wildman–Crippen MR) is 95.1 cm³/mol. The summed E-state index contributed by atoms with van der Waals surface area (Å²) in [6, 6.07) is 14.9. The molecule has 0 spiro atoms. The van der Waals surface area contributed by atoms with Gasteiger partial charge in [0.1, 0.15) is 12.0 Å². The zero-order chi connectivity index (χ0) is 18.2. The second-order valence-corrected chi connectivity index (χ2v) is 5.83. The van der Waals surface area contributed by atoms with Gasteiger partial charge in [0.25, 0.3) is 5.91 Å². The lowest BCUT2D eigenvalue weighted by molar-refractivity contribution is -0.121. The minimum Gasteiger partial charge on any atom is -0.472 e. The van der Waals surface area contributed by atoms with E-state index in [-0.39, 0.29) is 24.8 Å². The number of nitrogens with zero attached hydrogens (tertiary/aromatic N) is 1. The van der Waals surface area contributed by atoms with Crippen molar-refractivity contribution >= 4 is 11.8 Å². The van der Waals surface area contributed by atoms with E-state index in [4.69, 9.17) is 8.83 Å². The fraction of sp³-hybridized carbons (Fsp3) is 0.200. The van der Waals surface area contributed by atoms with Crippen molar-refractivity contribution in [1.29, 1.82) is 0 Å². The normalized spacial score (nSPS) is 10.5. The molecular formula is C20H20N2O4. The van der Waals surface area contributed by atoms with Crippen LogP contribution in [-0.4, -0.2) is 23.3 Å². The Morgan fingerprint density at radius 2 is 1.85 bits per heavy atom. The van der Waals surface area contributed by atoms with E-state index in [2.05, 4.69) is 5.32 Å². The van der Waals surface area contributed by atoms with Gasteiger partial charge in [-0.15, -0.1) is 0 Å². The lowest BCUT2D eigenvalue weighted by Crippen LogP contribution is -2.34. The van der Waals surface area contributed by atoms with Crippen molar-refractivity contribution < 1.29 is 18.4 Å². The highest BCUT2D eigenvalue weighted by Gasteiger charge is 2.19. The number of benzene rings is 1. The maximum absolute atomic E-state index is 12.6. The van der Waals surface area contributed by atoms with E-state index in [1.807, 2.05) is 30.3 Å². The monoisotopic (exact) mass is 352 g/mol. The van der Waals surface area contributed by atoms with Gasteiger partial charge >= 0.3 is 0 Å². The van der Waals surface area contributed by atoms with Crippen molar-refractivity contribution in [1.82, 2.24) is 10.2 Å². The van der Waals surface area contributed by atoms with E-state index in [0.717, 1.165) is 5.56 Å². The minimum absolute atomic E-state index is 0.113. The summed E-state index contributed by atoms with van der Waals surface area (Å²) >= 11 is 0. The van der Waals surface area contributed by atoms with E-state index in [0.29, 0.717) is 24.4 Å². The van der Waals surface area contributed by atoms with Crippen molar-refractivity contribution in [3.8, 4) is 0 Å². The highest BCUT2D eigenvalue weighted by atomic mass is 16.3. The average Bonchev–Trinajstić information content (AvgIpc) is 3.37. The Kier molecular flexibility index (Phi) is 5.88. The molecule has 0 atom stereocenters. The highest BCUT2D eigenvalue weighted by Crippen LogP contribution is 2.12. The van der Waals surface area contributed by atoms with Crippen LogP contribution in [-0.2, 0) is 17.9 Å². The largest absolute Gasteiger partial charge is 0.472 e. The summed E-state index contributed by atoms with van der Waals surface area (Å²) in [7, 11) is 0. The zero-order valence-electron chi connectivity index (χ0n) is 14.3. The molecule has 0 radical (unpaired) electrons. The lowest BCUT2D eigenvalue weighted by Gasteiger charge is -2.21. The predicted octanol–water partition coefficient (Wildman–Crippen LogP) is 3.22. The first-order valence-corrected chi connectivity index (χ1v) is 8.37.